The number of hydrogen-bond acceptors (Lipinski definition) is 3. The molecule has 16 heavy (non-hydrogen) atoms. The molecule has 4 heteroatoms. The second kappa shape index (κ2) is 5.66. The van der Waals surface area contributed by atoms with E-state index in [4.69, 9.17) is 5.26 Å². The summed E-state index contributed by atoms with van der Waals surface area (Å²) in [6, 6.07) is 2.68. The number of nitriles is 1. The van der Waals surface area contributed by atoms with E-state index in [0.29, 0.717) is 12.1 Å². The van der Waals surface area contributed by atoms with E-state index >= 15 is 0 Å². The van der Waals surface area contributed by atoms with Crippen molar-refractivity contribution in [2.24, 2.45) is 0 Å². The molecule has 0 aliphatic heterocycles. The fraction of sp³-hybridized carbons (Fsp3) is 0.667. The first kappa shape index (κ1) is 12.7. The molecule has 1 heterocycles. The lowest BCUT2D eigenvalue weighted by Crippen LogP contribution is -2.28. The zero-order chi connectivity index (χ0) is 12.1. The predicted octanol–water partition coefficient (Wildman–Crippen LogP) is 2.42. The Morgan fingerprint density at radius 1 is 1.50 bits per heavy atom. The highest BCUT2D eigenvalue weighted by Gasteiger charge is 2.15. The third-order valence-electron chi connectivity index (χ3n) is 2.68. The Bertz CT molecular complexity index is 361. The fourth-order valence-corrected chi connectivity index (χ4v) is 1.39. The van der Waals surface area contributed by atoms with Gasteiger partial charge in [0.15, 0.2) is 0 Å². The maximum atomic E-state index is 9.12. The van der Waals surface area contributed by atoms with Gasteiger partial charge >= 0.3 is 0 Å². The molecule has 0 amide bonds. The van der Waals surface area contributed by atoms with Gasteiger partial charge in [0.2, 0.25) is 0 Å². The summed E-state index contributed by atoms with van der Waals surface area (Å²) in [5, 5.41) is 16.6. The number of aromatic nitrogens is 2. The van der Waals surface area contributed by atoms with E-state index in [9.17, 15) is 0 Å². The summed E-state index contributed by atoms with van der Waals surface area (Å²) in [4.78, 5) is 0. The zero-order valence-electron chi connectivity index (χ0n) is 10.4. The molecule has 0 aliphatic carbocycles. The summed E-state index contributed by atoms with van der Waals surface area (Å²) in [7, 11) is 0. The van der Waals surface area contributed by atoms with E-state index in [2.05, 4.69) is 44.2 Å². The van der Waals surface area contributed by atoms with Crippen molar-refractivity contribution < 1.29 is 0 Å². The maximum Gasteiger partial charge on any atom is 0.124 e. The minimum Gasteiger partial charge on any atom is -0.296 e. The maximum absolute atomic E-state index is 9.12. The molecule has 2 unspecified atom stereocenters. The van der Waals surface area contributed by atoms with Crippen molar-refractivity contribution in [3.63, 3.8) is 0 Å². The van der Waals surface area contributed by atoms with Crippen molar-refractivity contribution >= 4 is 0 Å². The second-order valence-electron chi connectivity index (χ2n) is 4.39. The molecule has 2 atom stereocenters. The third kappa shape index (κ3) is 3.07. The van der Waals surface area contributed by atoms with Crippen molar-refractivity contribution in [1.29, 1.82) is 5.26 Å². The molecule has 1 rings (SSSR count). The van der Waals surface area contributed by atoms with Crippen molar-refractivity contribution in [3.8, 4) is 6.07 Å². The summed E-state index contributed by atoms with van der Waals surface area (Å²) in [5.74, 6) is 0. The molecular weight excluding hydrogens is 200 g/mol. The van der Waals surface area contributed by atoms with Crippen LogP contribution in [0.5, 0.6) is 0 Å². The van der Waals surface area contributed by atoms with Gasteiger partial charge in [0.1, 0.15) is 6.04 Å². The average Bonchev–Trinajstić information content (AvgIpc) is 2.74. The van der Waals surface area contributed by atoms with Crippen LogP contribution in [0.25, 0.3) is 0 Å². The van der Waals surface area contributed by atoms with Crippen LogP contribution in [0.4, 0.5) is 0 Å². The second-order valence-corrected chi connectivity index (χ2v) is 4.39. The van der Waals surface area contributed by atoms with Crippen molar-refractivity contribution in [2.75, 3.05) is 0 Å². The van der Waals surface area contributed by atoms with Crippen LogP contribution in [0, 0.1) is 11.3 Å². The molecule has 0 saturated heterocycles. The van der Waals surface area contributed by atoms with Crippen LogP contribution < -0.4 is 5.32 Å². The van der Waals surface area contributed by atoms with Gasteiger partial charge in [-0.2, -0.15) is 10.4 Å². The van der Waals surface area contributed by atoms with E-state index in [1.54, 1.807) is 6.20 Å². The standard InChI is InChI=1S/C12H20N4/c1-5-10(4)15-12(6-13)11-7-14-16(8-11)9(2)3/h7-10,12,15H,5H2,1-4H3. The van der Waals surface area contributed by atoms with Gasteiger partial charge in [0.25, 0.3) is 0 Å². The zero-order valence-corrected chi connectivity index (χ0v) is 10.4. The molecule has 4 nitrogen and oxygen atoms in total. The van der Waals surface area contributed by atoms with Crippen LogP contribution in [0.3, 0.4) is 0 Å². The van der Waals surface area contributed by atoms with Crippen LogP contribution in [0.1, 0.15) is 51.8 Å². The summed E-state index contributed by atoms with van der Waals surface area (Å²) in [6.07, 6.45) is 4.72. The van der Waals surface area contributed by atoms with Gasteiger partial charge in [-0.3, -0.25) is 10.00 Å². The lowest BCUT2D eigenvalue weighted by atomic mass is 10.1. The largest absolute Gasteiger partial charge is 0.296 e. The van der Waals surface area contributed by atoms with Gasteiger partial charge in [0, 0.05) is 23.8 Å². The molecule has 1 aromatic rings. The van der Waals surface area contributed by atoms with Crippen LogP contribution in [-0.2, 0) is 0 Å². The van der Waals surface area contributed by atoms with E-state index in [1.807, 2.05) is 10.9 Å². The summed E-state index contributed by atoms with van der Waals surface area (Å²) in [6.45, 7) is 8.32. The number of hydrogen-bond donors (Lipinski definition) is 1. The molecule has 0 aliphatic rings. The van der Waals surface area contributed by atoms with E-state index < -0.39 is 0 Å². The summed E-state index contributed by atoms with van der Waals surface area (Å²) >= 11 is 0. The highest BCUT2D eigenvalue weighted by atomic mass is 15.3. The SMILES string of the molecule is CCC(C)NC(C#N)c1cnn(C(C)C)c1. The monoisotopic (exact) mass is 220 g/mol. The number of rotatable bonds is 5. The molecule has 0 spiro atoms. The lowest BCUT2D eigenvalue weighted by molar-refractivity contribution is 0.498. The van der Waals surface area contributed by atoms with E-state index in [1.165, 1.54) is 0 Å². The summed E-state index contributed by atoms with van der Waals surface area (Å²) < 4.78 is 1.87. The van der Waals surface area contributed by atoms with Gasteiger partial charge in [-0.05, 0) is 27.2 Å². The van der Waals surface area contributed by atoms with Crippen molar-refractivity contribution in [3.05, 3.63) is 18.0 Å². The Morgan fingerprint density at radius 3 is 2.62 bits per heavy atom. The molecule has 1 aromatic heterocycles. The highest BCUT2D eigenvalue weighted by Crippen LogP contribution is 2.14. The smallest absolute Gasteiger partial charge is 0.124 e. The first-order valence-corrected chi connectivity index (χ1v) is 5.78. The Morgan fingerprint density at radius 2 is 2.19 bits per heavy atom. The van der Waals surface area contributed by atoms with Gasteiger partial charge in [-0.1, -0.05) is 6.92 Å². The molecule has 0 bridgehead atoms. The van der Waals surface area contributed by atoms with Gasteiger partial charge in [0.05, 0.1) is 12.3 Å². The Labute approximate surface area is 97.3 Å². The minimum atomic E-state index is -0.262. The molecule has 0 saturated carbocycles. The highest BCUT2D eigenvalue weighted by molar-refractivity contribution is 5.18. The topological polar surface area (TPSA) is 53.6 Å². The average molecular weight is 220 g/mol. The molecule has 0 radical (unpaired) electrons. The number of nitrogens with one attached hydrogen (secondary N) is 1. The molecule has 0 aromatic carbocycles. The molecule has 0 fully saturated rings. The Hall–Kier alpha value is -1.34. The van der Waals surface area contributed by atoms with Crippen LogP contribution in [0.2, 0.25) is 0 Å². The predicted molar refractivity (Wildman–Crippen MR) is 63.9 cm³/mol. The quantitative estimate of drug-likeness (QED) is 0.829. The molecule has 88 valence electrons. The first-order valence-electron chi connectivity index (χ1n) is 5.78. The van der Waals surface area contributed by atoms with Crippen molar-refractivity contribution in [2.45, 2.75) is 52.2 Å². The molecule has 1 N–H and O–H groups in total. The van der Waals surface area contributed by atoms with Gasteiger partial charge < -0.3 is 0 Å². The molecular formula is C12H20N4. The lowest BCUT2D eigenvalue weighted by Gasteiger charge is -2.15. The van der Waals surface area contributed by atoms with Crippen LogP contribution >= 0.6 is 0 Å². The van der Waals surface area contributed by atoms with Crippen LogP contribution in [0.15, 0.2) is 12.4 Å². The Balaban J connectivity index is 2.76. The third-order valence-corrected chi connectivity index (χ3v) is 2.68. The normalized spacial score (nSPS) is 14.8. The first-order chi connectivity index (χ1) is 7.58. The van der Waals surface area contributed by atoms with Gasteiger partial charge in [-0.25, -0.2) is 0 Å². The van der Waals surface area contributed by atoms with Crippen molar-refractivity contribution in [1.82, 2.24) is 15.1 Å². The summed E-state index contributed by atoms with van der Waals surface area (Å²) in [5.41, 5.74) is 0.941. The van der Waals surface area contributed by atoms with Crippen LogP contribution in [-0.4, -0.2) is 15.8 Å². The van der Waals surface area contributed by atoms with Gasteiger partial charge in [-0.15, -0.1) is 0 Å². The van der Waals surface area contributed by atoms with E-state index in [0.717, 1.165) is 12.0 Å². The van der Waals surface area contributed by atoms with E-state index in [-0.39, 0.29) is 6.04 Å². The number of nitrogens with zero attached hydrogens (tertiary/aromatic N) is 3. The fourth-order valence-electron chi connectivity index (χ4n) is 1.39. The Kier molecular flexibility index (Phi) is 4.51. The minimum absolute atomic E-state index is 0.262.